The van der Waals surface area contributed by atoms with Crippen LogP contribution in [-0.4, -0.2) is 56.8 Å². The lowest BCUT2D eigenvalue weighted by molar-refractivity contribution is -0.137. The first-order valence-corrected chi connectivity index (χ1v) is 11.6. The average Bonchev–Trinajstić information content (AvgIpc) is 3.28. The van der Waals surface area contributed by atoms with Crippen molar-refractivity contribution in [1.29, 1.82) is 0 Å². The zero-order valence-electron chi connectivity index (χ0n) is 18.7. The summed E-state index contributed by atoms with van der Waals surface area (Å²) in [6.07, 6.45) is 4.42. The molecule has 0 spiro atoms. The third-order valence-corrected chi connectivity index (χ3v) is 6.88. The Morgan fingerprint density at radius 1 is 1.19 bits per heavy atom. The fourth-order valence-corrected chi connectivity index (χ4v) is 4.91. The summed E-state index contributed by atoms with van der Waals surface area (Å²) in [5.74, 6) is 1.12. The van der Waals surface area contributed by atoms with E-state index in [9.17, 15) is 14.4 Å². The second-order valence-electron chi connectivity index (χ2n) is 9.27. The predicted octanol–water partition coefficient (Wildman–Crippen LogP) is 1.01. The smallest absolute Gasteiger partial charge is 0.254 e. The molecule has 1 aromatic rings. The number of carbonyl (C=O) groups is 2. The van der Waals surface area contributed by atoms with E-state index >= 15 is 0 Å². The zero-order chi connectivity index (χ0) is 22.1. The molecule has 3 aliphatic heterocycles. The molecular weight excluding hydrogens is 396 g/mol. The van der Waals surface area contributed by atoms with E-state index in [0.717, 1.165) is 25.7 Å². The summed E-state index contributed by atoms with van der Waals surface area (Å²) in [5, 5.41) is 0. The van der Waals surface area contributed by atoms with Crippen LogP contribution in [0.3, 0.4) is 0 Å². The highest BCUT2D eigenvalue weighted by Crippen LogP contribution is 2.31. The molecule has 31 heavy (non-hydrogen) atoms. The molecule has 3 atom stereocenters. The van der Waals surface area contributed by atoms with Crippen LogP contribution < -0.4 is 16.4 Å². The molecule has 1 aromatic heterocycles. The van der Waals surface area contributed by atoms with E-state index in [2.05, 4.69) is 29.7 Å². The molecule has 0 bridgehead atoms. The number of H-pyrrole nitrogens is 1. The van der Waals surface area contributed by atoms with E-state index in [4.69, 9.17) is 4.98 Å². The van der Waals surface area contributed by atoms with Crippen molar-refractivity contribution < 1.29 is 9.59 Å². The number of hydrazine groups is 1. The van der Waals surface area contributed by atoms with Crippen molar-refractivity contribution in [1.82, 2.24) is 30.6 Å². The maximum atomic E-state index is 13.4. The molecule has 4 rings (SSSR count). The molecular formula is C22H34N6O3. The Kier molecular flexibility index (Phi) is 6.43. The largest absolute Gasteiger partial charge is 0.336 e. The van der Waals surface area contributed by atoms with Crippen LogP contribution in [0.4, 0.5) is 0 Å². The predicted molar refractivity (Wildman–Crippen MR) is 116 cm³/mol. The second-order valence-corrected chi connectivity index (χ2v) is 9.27. The summed E-state index contributed by atoms with van der Waals surface area (Å²) in [6.45, 7) is 7.71. The lowest BCUT2D eigenvalue weighted by Crippen LogP contribution is -2.49. The molecule has 170 valence electrons. The summed E-state index contributed by atoms with van der Waals surface area (Å²) in [5.41, 5.74) is 7.61. The summed E-state index contributed by atoms with van der Waals surface area (Å²) >= 11 is 0. The summed E-state index contributed by atoms with van der Waals surface area (Å²) in [4.78, 5) is 49.7. The fraction of sp³-hybridized carbons (Fsp3) is 0.727. The molecule has 4 heterocycles. The van der Waals surface area contributed by atoms with Crippen molar-refractivity contribution in [2.24, 2.45) is 5.92 Å². The normalized spacial score (nSPS) is 26.3. The van der Waals surface area contributed by atoms with Crippen LogP contribution in [-0.2, 0) is 22.6 Å². The number of fused-ring (bicyclic) bond motifs is 1. The van der Waals surface area contributed by atoms with Gasteiger partial charge in [-0.1, -0.05) is 20.8 Å². The summed E-state index contributed by atoms with van der Waals surface area (Å²) in [6, 6.07) is -0.243. The highest BCUT2D eigenvalue weighted by atomic mass is 16.2. The van der Waals surface area contributed by atoms with Crippen molar-refractivity contribution in [3.63, 3.8) is 0 Å². The monoisotopic (exact) mass is 430 g/mol. The number of nitrogens with one attached hydrogen (secondary N) is 3. The van der Waals surface area contributed by atoms with E-state index in [-0.39, 0.29) is 35.5 Å². The highest BCUT2D eigenvalue weighted by Gasteiger charge is 2.38. The van der Waals surface area contributed by atoms with E-state index in [1.54, 1.807) is 4.90 Å². The quantitative estimate of drug-likeness (QED) is 0.658. The van der Waals surface area contributed by atoms with Gasteiger partial charge in [-0.2, -0.15) is 0 Å². The number of carbonyl (C=O) groups excluding carboxylic acids is 2. The minimum absolute atomic E-state index is 0.0588. The average molecular weight is 431 g/mol. The van der Waals surface area contributed by atoms with Gasteiger partial charge < -0.3 is 14.8 Å². The number of hydrogen-bond donors (Lipinski definition) is 3. The van der Waals surface area contributed by atoms with Crippen molar-refractivity contribution in [2.75, 3.05) is 13.1 Å². The van der Waals surface area contributed by atoms with Gasteiger partial charge in [-0.3, -0.25) is 19.8 Å². The van der Waals surface area contributed by atoms with Gasteiger partial charge in [0.15, 0.2) is 0 Å². The van der Waals surface area contributed by atoms with Crippen LogP contribution in [0.15, 0.2) is 4.79 Å². The number of amides is 2. The van der Waals surface area contributed by atoms with Crippen LogP contribution in [0.1, 0.15) is 76.0 Å². The summed E-state index contributed by atoms with van der Waals surface area (Å²) < 4.78 is 0. The fourth-order valence-electron chi connectivity index (χ4n) is 4.91. The van der Waals surface area contributed by atoms with Gasteiger partial charge in [-0.15, -0.1) is 0 Å². The Labute approximate surface area is 182 Å². The topological polar surface area (TPSA) is 110 Å². The molecule has 0 aromatic carbocycles. The molecule has 3 unspecified atom stereocenters. The lowest BCUT2D eigenvalue weighted by atomic mass is 9.96. The van der Waals surface area contributed by atoms with Crippen LogP contribution >= 0.6 is 0 Å². The Balaban J connectivity index is 1.57. The summed E-state index contributed by atoms with van der Waals surface area (Å²) in [7, 11) is 0. The van der Waals surface area contributed by atoms with Crippen LogP contribution in [0, 0.1) is 5.92 Å². The number of likely N-dealkylation sites (tertiary alicyclic amines) is 1. The first kappa shape index (κ1) is 22.0. The third kappa shape index (κ3) is 4.39. The molecule has 0 radical (unpaired) electrons. The molecule has 0 saturated carbocycles. The third-order valence-electron chi connectivity index (χ3n) is 6.88. The van der Waals surface area contributed by atoms with Crippen molar-refractivity contribution in [3.8, 4) is 0 Å². The van der Waals surface area contributed by atoms with Gasteiger partial charge in [-0.25, -0.2) is 10.4 Å². The molecule has 3 aliphatic rings. The molecule has 9 heteroatoms. The molecule has 2 amide bonds. The Bertz CT molecular complexity index is 898. The van der Waals surface area contributed by atoms with E-state index < -0.39 is 0 Å². The van der Waals surface area contributed by atoms with Gasteiger partial charge >= 0.3 is 0 Å². The highest BCUT2D eigenvalue weighted by molar-refractivity contribution is 5.82. The maximum Gasteiger partial charge on any atom is 0.254 e. The van der Waals surface area contributed by atoms with Gasteiger partial charge in [0.1, 0.15) is 11.9 Å². The van der Waals surface area contributed by atoms with Crippen LogP contribution in [0.5, 0.6) is 0 Å². The SMILES string of the molecule is CCC(=O)N1CCc2c(nc(C3CCCCN3C(=O)C3CC(C(C)C)NN3)[nH]c2=O)C1. The Hall–Kier alpha value is -2.26. The first-order valence-electron chi connectivity index (χ1n) is 11.6. The van der Waals surface area contributed by atoms with Gasteiger partial charge in [-0.05, 0) is 38.0 Å². The lowest BCUT2D eigenvalue weighted by Gasteiger charge is -2.37. The van der Waals surface area contributed by atoms with E-state index in [0.29, 0.717) is 55.5 Å². The minimum Gasteiger partial charge on any atom is -0.336 e. The number of nitrogens with zero attached hydrogens (tertiary/aromatic N) is 3. The molecule has 2 fully saturated rings. The molecule has 2 saturated heterocycles. The van der Waals surface area contributed by atoms with Gasteiger partial charge in [0.25, 0.3) is 5.56 Å². The molecule has 9 nitrogen and oxygen atoms in total. The van der Waals surface area contributed by atoms with Crippen LogP contribution in [0.25, 0.3) is 0 Å². The number of rotatable bonds is 4. The Morgan fingerprint density at radius 3 is 2.71 bits per heavy atom. The van der Waals surface area contributed by atoms with Crippen molar-refractivity contribution >= 4 is 11.8 Å². The van der Waals surface area contributed by atoms with Gasteiger partial charge in [0.2, 0.25) is 11.8 Å². The second kappa shape index (κ2) is 9.08. The number of aromatic amines is 1. The maximum absolute atomic E-state index is 13.4. The zero-order valence-corrected chi connectivity index (χ0v) is 18.7. The van der Waals surface area contributed by atoms with E-state index in [1.165, 1.54) is 0 Å². The van der Waals surface area contributed by atoms with Crippen LogP contribution in [0.2, 0.25) is 0 Å². The first-order chi connectivity index (χ1) is 14.9. The van der Waals surface area contributed by atoms with E-state index in [1.807, 2.05) is 11.8 Å². The van der Waals surface area contributed by atoms with Gasteiger partial charge in [0.05, 0.1) is 18.3 Å². The van der Waals surface area contributed by atoms with Crippen molar-refractivity contribution in [2.45, 2.75) is 84.0 Å². The number of piperidine rings is 1. The number of hydrogen-bond acceptors (Lipinski definition) is 6. The minimum atomic E-state index is -0.269. The number of aromatic nitrogens is 2. The standard InChI is InChI=1S/C22H34N6O3/c1-4-19(29)27-10-8-14-17(12-27)23-20(24-21(14)30)18-7-5-6-9-28(18)22(31)16-11-15(13(2)3)25-26-16/h13,15-16,18,25-26H,4-12H2,1-3H3,(H,23,24,30). The molecule has 0 aliphatic carbocycles. The van der Waals surface area contributed by atoms with Gasteiger partial charge in [0, 0.05) is 31.1 Å². The molecule has 3 N–H and O–H groups in total. The van der Waals surface area contributed by atoms with Crippen molar-refractivity contribution in [3.05, 3.63) is 27.4 Å². The Morgan fingerprint density at radius 2 is 2.00 bits per heavy atom.